The minimum Gasteiger partial charge on any atom is -0.384 e. The van der Waals surface area contributed by atoms with Crippen molar-refractivity contribution in [2.24, 2.45) is 7.05 Å². The standard InChI is InChI=1S/C7H6F3N7S/c1-17-6(14-15-16-17)18-4-2-3(11)12-5(13-4)7(8,9)10/h2H,1H3,(H2,11,12,13). The first kappa shape index (κ1) is 12.5. The number of halogens is 3. The number of nitrogens with zero attached hydrogens (tertiary/aromatic N) is 6. The molecule has 2 aromatic rings. The van der Waals surface area contributed by atoms with Crippen molar-refractivity contribution in [2.45, 2.75) is 16.4 Å². The lowest BCUT2D eigenvalue weighted by atomic mass is 10.5. The van der Waals surface area contributed by atoms with Gasteiger partial charge in [-0.2, -0.15) is 13.2 Å². The summed E-state index contributed by atoms with van der Waals surface area (Å²) in [7, 11) is 1.55. The Balaban J connectivity index is 2.35. The average molecular weight is 277 g/mol. The van der Waals surface area contributed by atoms with Gasteiger partial charge in [-0.25, -0.2) is 14.6 Å². The third kappa shape index (κ3) is 2.67. The maximum atomic E-state index is 12.5. The molecule has 96 valence electrons. The third-order valence-electron chi connectivity index (χ3n) is 1.75. The van der Waals surface area contributed by atoms with Crippen LogP contribution in [0.25, 0.3) is 0 Å². The molecule has 0 saturated carbocycles. The molecule has 0 unspecified atom stereocenters. The highest BCUT2D eigenvalue weighted by Crippen LogP contribution is 2.30. The average Bonchev–Trinajstić information content (AvgIpc) is 2.62. The molecule has 11 heteroatoms. The van der Waals surface area contributed by atoms with Crippen molar-refractivity contribution in [3.05, 3.63) is 11.9 Å². The lowest BCUT2D eigenvalue weighted by Gasteiger charge is -2.07. The van der Waals surface area contributed by atoms with E-state index in [2.05, 4.69) is 25.5 Å². The minimum absolute atomic E-state index is 0.0210. The number of rotatable bonds is 2. The number of nitrogen functional groups attached to an aromatic ring is 1. The smallest absolute Gasteiger partial charge is 0.384 e. The lowest BCUT2D eigenvalue weighted by Crippen LogP contribution is -2.13. The van der Waals surface area contributed by atoms with E-state index in [0.29, 0.717) is 5.16 Å². The van der Waals surface area contributed by atoms with Crippen molar-refractivity contribution >= 4 is 17.6 Å². The van der Waals surface area contributed by atoms with Crippen LogP contribution in [-0.4, -0.2) is 30.2 Å². The Hall–Kier alpha value is -1.91. The van der Waals surface area contributed by atoms with Gasteiger partial charge in [0.2, 0.25) is 11.0 Å². The molecule has 0 bridgehead atoms. The summed E-state index contributed by atoms with van der Waals surface area (Å²) in [5, 5.41) is 10.8. The van der Waals surface area contributed by atoms with E-state index in [1.165, 1.54) is 10.7 Å². The fourth-order valence-electron chi connectivity index (χ4n) is 1.02. The number of aromatic nitrogens is 6. The molecule has 0 aliphatic carbocycles. The Morgan fingerprint density at radius 3 is 2.61 bits per heavy atom. The van der Waals surface area contributed by atoms with Crippen LogP contribution < -0.4 is 5.73 Å². The monoisotopic (exact) mass is 277 g/mol. The summed E-state index contributed by atoms with van der Waals surface area (Å²) in [5.74, 6) is -1.56. The van der Waals surface area contributed by atoms with Gasteiger partial charge in [0.1, 0.15) is 10.8 Å². The molecule has 0 radical (unpaired) electrons. The predicted molar refractivity (Wildman–Crippen MR) is 54.4 cm³/mol. The van der Waals surface area contributed by atoms with Crippen LogP contribution in [0.4, 0.5) is 19.0 Å². The molecular formula is C7H6F3N7S. The summed E-state index contributed by atoms with van der Waals surface area (Å²) in [6.45, 7) is 0. The topological polar surface area (TPSA) is 95.4 Å². The summed E-state index contributed by atoms with van der Waals surface area (Å²) in [4.78, 5) is 6.49. The van der Waals surface area contributed by atoms with Crippen LogP contribution in [0.15, 0.2) is 16.2 Å². The van der Waals surface area contributed by atoms with Gasteiger partial charge in [-0.05, 0) is 22.2 Å². The zero-order chi connectivity index (χ0) is 13.3. The molecule has 0 atom stereocenters. The van der Waals surface area contributed by atoms with Gasteiger partial charge in [0.05, 0.1) is 0 Å². The fraction of sp³-hybridized carbons (Fsp3) is 0.286. The first-order chi connectivity index (χ1) is 8.36. The summed E-state index contributed by atoms with van der Waals surface area (Å²) in [6, 6.07) is 1.22. The molecule has 0 aliphatic rings. The lowest BCUT2D eigenvalue weighted by molar-refractivity contribution is -0.145. The van der Waals surface area contributed by atoms with Crippen molar-refractivity contribution < 1.29 is 13.2 Å². The second kappa shape index (κ2) is 4.40. The van der Waals surface area contributed by atoms with E-state index in [4.69, 9.17) is 5.73 Å². The van der Waals surface area contributed by atoms with Gasteiger partial charge in [0, 0.05) is 13.1 Å². The van der Waals surface area contributed by atoms with Crippen LogP contribution >= 0.6 is 11.8 Å². The Morgan fingerprint density at radius 1 is 1.33 bits per heavy atom. The number of hydrogen-bond acceptors (Lipinski definition) is 7. The molecule has 18 heavy (non-hydrogen) atoms. The van der Waals surface area contributed by atoms with Crippen molar-refractivity contribution in [3.8, 4) is 0 Å². The van der Waals surface area contributed by atoms with E-state index in [1.807, 2.05) is 0 Å². The van der Waals surface area contributed by atoms with Crippen LogP contribution in [0.1, 0.15) is 5.82 Å². The van der Waals surface area contributed by atoms with Crippen molar-refractivity contribution in [1.29, 1.82) is 0 Å². The normalized spacial score (nSPS) is 11.8. The molecule has 0 saturated heterocycles. The highest BCUT2D eigenvalue weighted by Gasteiger charge is 2.35. The highest BCUT2D eigenvalue weighted by atomic mass is 32.2. The molecule has 0 amide bonds. The van der Waals surface area contributed by atoms with Gasteiger partial charge < -0.3 is 5.73 Å². The number of alkyl halides is 3. The van der Waals surface area contributed by atoms with E-state index < -0.39 is 12.0 Å². The zero-order valence-corrected chi connectivity index (χ0v) is 9.70. The summed E-state index contributed by atoms with van der Waals surface area (Å²) < 4.78 is 38.7. The summed E-state index contributed by atoms with van der Waals surface area (Å²) >= 11 is 0.861. The van der Waals surface area contributed by atoms with E-state index >= 15 is 0 Å². The first-order valence-electron chi connectivity index (χ1n) is 4.48. The molecular weight excluding hydrogens is 271 g/mol. The van der Waals surface area contributed by atoms with Crippen molar-refractivity contribution in [3.63, 3.8) is 0 Å². The Labute approximate surface area is 103 Å². The van der Waals surface area contributed by atoms with Gasteiger partial charge in [0.15, 0.2) is 0 Å². The minimum atomic E-state index is -4.65. The van der Waals surface area contributed by atoms with Crippen molar-refractivity contribution in [1.82, 2.24) is 30.2 Å². The summed E-state index contributed by atoms with van der Waals surface area (Å²) in [6.07, 6.45) is -4.65. The maximum absolute atomic E-state index is 12.5. The fourth-order valence-corrected chi connectivity index (χ4v) is 1.77. The molecule has 2 aromatic heterocycles. The largest absolute Gasteiger partial charge is 0.451 e. The highest BCUT2D eigenvalue weighted by molar-refractivity contribution is 7.99. The molecule has 0 aliphatic heterocycles. The molecule has 2 heterocycles. The van der Waals surface area contributed by atoms with Crippen LogP contribution in [0.5, 0.6) is 0 Å². The Morgan fingerprint density at radius 2 is 2.06 bits per heavy atom. The molecule has 2 N–H and O–H groups in total. The van der Waals surface area contributed by atoms with Gasteiger partial charge in [-0.3, -0.25) is 0 Å². The SMILES string of the molecule is Cn1nnnc1Sc1cc(N)nc(C(F)(F)F)n1. The van der Waals surface area contributed by atoms with E-state index in [0.717, 1.165) is 11.8 Å². The van der Waals surface area contributed by atoms with Crippen LogP contribution in [0.2, 0.25) is 0 Å². The van der Waals surface area contributed by atoms with Crippen LogP contribution in [0, 0.1) is 0 Å². The molecule has 0 fully saturated rings. The molecule has 0 spiro atoms. The Bertz CT molecular complexity index is 566. The van der Waals surface area contributed by atoms with Gasteiger partial charge >= 0.3 is 6.18 Å². The number of anilines is 1. The number of aryl methyl sites for hydroxylation is 1. The predicted octanol–water partition coefficient (Wildman–Crippen LogP) is 0.752. The maximum Gasteiger partial charge on any atom is 0.451 e. The van der Waals surface area contributed by atoms with Crippen LogP contribution in [0.3, 0.4) is 0 Å². The van der Waals surface area contributed by atoms with Gasteiger partial charge in [0.25, 0.3) is 0 Å². The van der Waals surface area contributed by atoms with E-state index in [-0.39, 0.29) is 10.8 Å². The molecule has 2 rings (SSSR count). The molecule has 7 nitrogen and oxygen atoms in total. The third-order valence-corrected chi connectivity index (χ3v) is 2.70. The quantitative estimate of drug-likeness (QED) is 0.809. The molecule has 0 aromatic carbocycles. The zero-order valence-electron chi connectivity index (χ0n) is 8.88. The van der Waals surface area contributed by atoms with Crippen molar-refractivity contribution in [2.75, 3.05) is 5.73 Å². The number of tetrazole rings is 1. The number of nitrogens with two attached hydrogens (primary N) is 1. The van der Waals surface area contributed by atoms with E-state index in [1.54, 1.807) is 7.05 Å². The van der Waals surface area contributed by atoms with E-state index in [9.17, 15) is 13.2 Å². The first-order valence-corrected chi connectivity index (χ1v) is 5.30. The van der Waals surface area contributed by atoms with Gasteiger partial charge in [-0.1, -0.05) is 0 Å². The van der Waals surface area contributed by atoms with Crippen LogP contribution in [-0.2, 0) is 13.2 Å². The second-order valence-corrected chi connectivity index (χ2v) is 4.13. The number of hydrogen-bond donors (Lipinski definition) is 1. The summed E-state index contributed by atoms with van der Waals surface area (Å²) in [5.41, 5.74) is 5.30. The Kier molecular flexibility index (Phi) is 3.07. The second-order valence-electron chi connectivity index (χ2n) is 3.14. The van der Waals surface area contributed by atoms with Gasteiger partial charge in [-0.15, -0.1) is 5.10 Å².